The van der Waals surface area contributed by atoms with E-state index in [2.05, 4.69) is 9.27 Å². The first-order valence-corrected chi connectivity index (χ1v) is 9.95. The number of anilines is 1. The van der Waals surface area contributed by atoms with Crippen molar-refractivity contribution in [2.45, 2.75) is 32.6 Å². The van der Waals surface area contributed by atoms with Gasteiger partial charge in [0.1, 0.15) is 5.69 Å². The van der Waals surface area contributed by atoms with E-state index in [1.807, 2.05) is 13.0 Å². The summed E-state index contributed by atoms with van der Waals surface area (Å²) < 4.78 is 4.87. The molecule has 0 saturated carbocycles. The molecule has 2 bridgehead atoms. The van der Waals surface area contributed by atoms with Gasteiger partial charge in [0.05, 0.1) is 4.70 Å². The largest absolute Gasteiger partial charge is 0.364 e. The second kappa shape index (κ2) is 8.14. The lowest BCUT2D eigenvalue weighted by molar-refractivity contribution is -0.118. The van der Waals surface area contributed by atoms with Gasteiger partial charge >= 0.3 is 0 Å². The van der Waals surface area contributed by atoms with Gasteiger partial charge in [-0.25, -0.2) is 0 Å². The van der Waals surface area contributed by atoms with Gasteiger partial charge in [0.15, 0.2) is 0 Å². The highest BCUT2D eigenvalue weighted by Crippen LogP contribution is 2.27. The molecular weight excluding hydrogens is 348 g/mol. The third-order valence-corrected chi connectivity index (χ3v) is 6.12. The topological polar surface area (TPSA) is 79.5 Å². The van der Waals surface area contributed by atoms with Crippen LogP contribution in [0.1, 0.15) is 44.5 Å². The van der Waals surface area contributed by atoms with E-state index in [1.54, 1.807) is 24.1 Å². The number of carbonyl (C=O) groups excluding carboxylic acids is 2. The number of hydrogen-bond acceptors (Lipinski definition) is 5. The predicted molar refractivity (Wildman–Crippen MR) is 108 cm³/mol. The smallest absolute Gasteiger partial charge is 0.269 e. The number of nitrogens with zero attached hydrogens (tertiary/aromatic N) is 3. The van der Waals surface area contributed by atoms with Crippen molar-refractivity contribution in [3.63, 3.8) is 0 Å². The van der Waals surface area contributed by atoms with Crippen LogP contribution in [0.5, 0.6) is 0 Å². The molecule has 3 fully saturated rings. The lowest BCUT2D eigenvalue weighted by Crippen LogP contribution is -2.41. The molecule has 2 amide bonds. The third kappa shape index (κ3) is 4.04. The summed E-state index contributed by atoms with van der Waals surface area (Å²) in [5.41, 5.74) is 6.30. The first-order chi connectivity index (χ1) is 12.5. The summed E-state index contributed by atoms with van der Waals surface area (Å²) in [6, 6.07) is 5.40. The Balaban J connectivity index is 0.000000241. The van der Waals surface area contributed by atoms with Crippen molar-refractivity contribution in [1.82, 2.24) is 9.27 Å². The summed E-state index contributed by atoms with van der Waals surface area (Å²) in [5, 5.41) is 0.730. The average molecular weight is 377 g/mol. The van der Waals surface area contributed by atoms with E-state index in [9.17, 15) is 9.59 Å². The number of fused-ring (bicyclic) bond motifs is 4. The summed E-state index contributed by atoms with van der Waals surface area (Å²) >= 11 is 1.20. The van der Waals surface area contributed by atoms with Gasteiger partial charge in [0.25, 0.3) is 5.91 Å². The van der Waals surface area contributed by atoms with Crippen LogP contribution in [0.25, 0.3) is 10.1 Å². The molecule has 3 aliphatic heterocycles. The van der Waals surface area contributed by atoms with Crippen LogP contribution in [0.4, 0.5) is 5.69 Å². The molecule has 0 radical (unpaired) electrons. The Morgan fingerprint density at radius 3 is 2.42 bits per heavy atom. The van der Waals surface area contributed by atoms with E-state index in [0.29, 0.717) is 6.42 Å². The second-order valence-corrected chi connectivity index (χ2v) is 7.76. The number of carbonyl (C=O) groups is 2. The van der Waals surface area contributed by atoms with Gasteiger partial charge in [-0.3, -0.25) is 9.59 Å². The van der Waals surface area contributed by atoms with Crippen molar-refractivity contribution in [3.05, 3.63) is 23.9 Å². The minimum Gasteiger partial charge on any atom is -0.364 e. The molecule has 0 spiro atoms. The van der Waals surface area contributed by atoms with Gasteiger partial charge in [-0.05, 0) is 74.5 Å². The molecule has 0 aliphatic carbocycles. The number of nitrogens with two attached hydrogens (primary N) is 1. The number of benzene rings is 1. The lowest BCUT2D eigenvalue weighted by atomic mass is 9.89. The Kier molecular flexibility index (Phi) is 5.88. The maximum Gasteiger partial charge on any atom is 0.269 e. The maximum absolute atomic E-state index is 11.6. The van der Waals surface area contributed by atoms with Crippen LogP contribution in [-0.2, 0) is 4.79 Å². The number of aromatic nitrogens is 1. The minimum absolute atomic E-state index is 0. The van der Waals surface area contributed by atoms with Crippen molar-refractivity contribution >= 4 is 39.1 Å². The molecule has 2 N–H and O–H groups in total. The van der Waals surface area contributed by atoms with Crippen LogP contribution < -0.4 is 10.6 Å². The maximum atomic E-state index is 11.6. The highest BCUT2D eigenvalue weighted by atomic mass is 32.1. The molecule has 3 saturated heterocycles. The van der Waals surface area contributed by atoms with Crippen LogP contribution in [0.2, 0.25) is 0 Å². The van der Waals surface area contributed by atoms with Crippen molar-refractivity contribution < 1.29 is 11.0 Å². The highest BCUT2D eigenvalue weighted by molar-refractivity contribution is 7.13. The van der Waals surface area contributed by atoms with Gasteiger partial charge in [-0.2, -0.15) is 4.37 Å². The Morgan fingerprint density at radius 1 is 1.31 bits per heavy atom. The van der Waals surface area contributed by atoms with E-state index >= 15 is 0 Å². The van der Waals surface area contributed by atoms with Crippen LogP contribution >= 0.6 is 11.5 Å². The van der Waals surface area contributed by atoms with E-state index in [-0.39, 0.29) is 13.0 Å². The Morgan fingerprint density at radius 2 is 1.96 bits per heavy atom. The van der Waals surface area contributed by atoms with E-state index in [1.165, 1.54) is 50.4 Å². The molecule has 4 heterocycles. The quantitative estimate of drug-likeness (QED) is 0.892. The molecule has 5 rings (SSSR count). The normalized spacial score (nSPS) is 21.2. The van der Waals surface area contributed by atoms with Crippen LogP contribution in [0, 0.1) is 5.92 Å². The monoisotopic (exact) mass is 376 g/mol. The Bertz CT molecular complexity index is 779. The fourth-order valence-corrected chi connectivity index (χ4v) is 4.37. The second-order valence-electron chi connectivity index (χ2n) is 6.96. The molecule has 1 aromatic heterocycles. The first kappa shape index (κ1) is 18.8. The van der Waals surface area contributed by atoms with Crippen molar-refractivity contribution in [2.24, 2.45) is 11.7 Å². The lowest BCUT2D eigenvalue weighted by Gasteiger charge is -2.38. The van der Waals surface area contributed by atoms with E-state index in [0.717, 1.165) is 21.7 Å². The fraction of sp³-hybridized carbons (Fsp3) is 0.526. The molecule has 2 aromatic rings. The summed E-state index contributed by atoms with van der Waals surface area (Å²) in [7, 11) is 1.73. The van der Waals surface area contributed by atoms with Gasteiger partial charge in [0, 0.05) is 26.0 Å². The molecule has 3 aliphatic rings. The molecule has 6 nitrogen and oxygen atoms in total. The van der Waals surface area contributed by atoms with Crippen molar-refractivity contribution in [3.8, 4) is 0 Å². The molecule has 26 heavy (non-hydrogen) atoms. The van der Waals surface area contributed by atoms with Crippen molar-refractivity contribution in [1.29, 1.82) is 0 Å². The van der Waals surface area contributed by atoms with Crippen LogP contribution in [-0.4, -0.2) is 47.8 Å². The van der Waals surface area contributed by atoms with Gasteiger partial charge in [-0.1, -0.05) is 6.92 Å². The Hall–Kier alpha value is -1.99. The number of hydrogen-bond donors (Lipinski definition) is 1. The summed E-state index contributed by atoms with van der Waals surface area (Å²) in [6.45, 7) is 6.00. The van der Waals surface area contributed by atoms with Crippen LogP contribution in [0.3, 0.4) is 0 Å². The summed E-state index contributed by atoms with van der Waals surface area (Å²) in [4.78, 5) is 26.9. The fourth-order valence-electron chi connectivity index (χ4n) is 3.56. The van der Waals surface area contributed by atoms with Crippen LogP contribution in [0.15, 0.2) is 18.2 Å². The summed E-state index contributed by atoms with van der Waals surface area (Å²) in [6.07, 6.45) is 4.91. The zero-order valence-electron chi connectivity index (χ0n) is 15.4. The molecule has 1 aromatic carbocycles. The average Bonchev–Trinajstić information content (AvgIpc) is 3.12. The summed E-state index contributed by atoms with van der Waals surface area (Å²) in [5.74, 6) is 0.612. The minimum atomic E-state index is -0.535. The Labute approximate surface area is 159 Å². The number of rotatable bonds is 3. The third-order valence-electron chi connectivity index (χ3n) is 5.31. The molecule has 142 valence electrons. The molecular formula is C19H28N4O2S. The van der Waals surface area contributed by atoms with Gasteiger partial charge < -0.3 is 15.5 Å². The van der Waals surface area contributed by atoms with Crippen molar-refractivity contribution in [2.75, 3.05) is 31.6 Å². The zero-order valence-corrected chi connectivity index (χ0v) is 16.2. The predicted octanol–water partition coefficient (Wildman–Crippen LogP) is 3.12. The molecule has 0 unspecified atom stereocenters. The SMILES string of the molecule is C1CN2CCC1CC2.CCC(=O)N(C)c1ccc2c(C(N)=O)nsc2c1.[HH]. The number of amides is 2. The van der Waals surface area contributed by atoms with Gasteiger partial charge in [0.2, 0.25) is 5.91 Å². The molecule has 7 heteroatoms. The first-order valence-electron chi connectivity index (χ1n) is 9.17. The number of primary amides is 1. The number of piperidine rings is 3. The van der Waals surface area contributed by atoms with E-state index in [4.69, 9.17) is 5.73 Å². The standard InChI is InChI=1S/C12H13N3O2S.C7H13N.H2/c1-3-10(16)15(2)7-4-5-8-9(6-7)18-14-11(8)12(13)17;1-4-8-5-2-7(1)3-6-8;/h4-6H,3H2,1-2H3,(H2,13,17);7H,1-6H2;1H. The highest BCUT2D eigenvalue weighted by Gasteiger charge is 2.24. The zero-order chi connectivity index (χ0) is 18.7. The van der Waals surface area contributed by atoms with E-state index < -0.39 is 5.91 Å². The van der Waals surface area contributed by atoms with Gasteiger partial charge in [-0.15, -0.1) is 0 Å². The molecule has 0 atom stereocenters.